The lowest BCUT2D eigenvalue weighted by Crippen LogP contribution is -2.39. The minimum Gasteiger partial charge on any atom is -0.447 e. The van der Waals surface area contributed by atoms with Crippen molar-refractivity contribution < 1.29 is 55.0 Å². The molecule has 0 bridgehead atoms. The predicted molar refractivity (Wildman–Crippen MR) is 290 cm³/mol. The van der Waals surface area contributed by atoms with E-state index in [1.54, 1.807) is 85.1 Å². The minimum atomic E-state index is -3.89. The lowest BCUT2D eigenvalue weighted by atomic mass is 9.86. The Kier molecular flexibility index (Phi) is 18.6. The summed E-state index contributed by atoms with van der Waals surface area (Å²) in [6, 6.07) is 9.59. The van der Waals surface area contributed by atoms with Crippen molar-refractivity contribution in [1.82, 2.24) is 20.6 Å². The number of carbonyl (C=O) groups is 4. The number of sulfone groups is 2. The van der Waals surface area contributed by atoms with Gasteiger partial charge in [0.05, 0.1) is 51.8 Å². The van der Waals surface area contributed by atoms with Crippen LogP contribution < -0.4 is 21.3 Å². The number of nitrogens with zero attached hydrogens (tertiary/aromatic N) is 2. The summed E-state index contributed by atoms with van der Waals surface area (Å²) in [6.45, 7) is 15.5. The zero-order valence-electron chi connectivity index (χ0n) is 44.2. The fourth-order valence-electron chi connectivity index (χ4n) is 9.20. The molecule has 4 N–H and O–H groups in total. The quantitative estimate of drug-likeness (QED) is 0.0677. The molecule has 0 radical (unpaired) electrons. The second kappa shape index (κ2) is 24.3. The van der Waals surface area contributed by atoms with Crippen LogP contribution in [0.25, 0.3) is 20.9 Å². The van der Waals surface area contributed by atoms with E-state index in [0.29, 0.717) is 60.2 Å². The molecule has 3 aliphatic carbocycles. The van der Waals surface area contributed by atoms with Gasteiger partial charge in [0.15, 0.2) is 19.7 Å². The van der Waals surface area contributed by atoms with E-state index in [-0.39, 0.29) is 51.6 Å². The number of thiazole rings is 2. The summed E-state index contributed by atoms with van der Waals surface area (Å²) in [4.78, 5) is 61.6. The first-order valence-corrected chi connectivity index (χ1v) is 30.6. The Morgan fingerprint density at radius 3 is 1.41 bits per heavy atom. The third kappa shape index (κ3) is 15.2. The Balaban J connectivity index is 0.864. The fraction of sp³-hybridized carbons (Fsp3) is 0.585. The molecule has 75 heavy (non-hydrogen) atoms. The number of carbonyl (C=O) groups excluding carboxylic acids is 4. The lowest BCUT2D eigenvalue weighted by molar-refractivity contribution is 0.0762. The zero-order valence-corrected chi connectivity index (χ0v) is 47.5. The summed E-state index contributed by atoms with van der Waals surface area (Å²) in [5, 5.41) is 12.6. The second-order valence-corrected chi connectivity index (χ2v) is 28.5. The van der Waals surface area contributed by atoms with Gasteiger partial charge >= 0.3 is 24.4 Å². The van der Waals surface area contributed by atoms with E-state index in [1.807, 2.05) is 13.8 Å². The summed E-state index contributed by atoms with van der Waals surface area (Å²) in [5.74, 6) is 0.308. The molecule has 3 saturated carbocycles. The average Bonchev–Trinajstić information content (AvgIpc) is 3.89. The summed E-state index contributed by atoms with van der Waals surface area (Å²) < 4.78 is 75.8. The Hall–Kier alpha value is -5.32. The molecule has 4 amide bonds. The Morgan fingerprint density at radius 1 is 0.573 bits per heavy atom. The number of nitrogens with one attached hydrogen (secondary N) is 4. The van der Waals surface area contributed by atoms with Gasteiger partial charge < -0.3 is 29.6 Å². The number of amides is 4. The Labute approximate surface area is 449 Å². The maximum atomic E-state index is 14.0. The minimum absolute atomic E-state index is 0.0205. The van der Waals surface area contributed by atoms with Crippen LogP contribution in [-0.4, -0.2) is 97.7 Å². The Bertz CT molecular complexity index is 2890. The SMILES string of the molecule is CC(C)OC(=O)Nc1ccc(-c2cnc(C3CCC(NC(=O)OC(C)CCC(C)OC(=O)Nc4ccc(-c5cnc(C6CCC(NC(=O)OC(C)C)CC6)s5)c(S(=O)(=O)C(C)(C)C)c4)CC3)s2)c(S(=O)(=O)C2CC2)c1. The van der Waals surface area contributed by atoms with Crippen molar-refractivity contribution in [3.05, 3.63) is 58.8 Å². The second-order valence-electron chi connectivity index (χ2n) is 21.5. The highest BCUT2D eigenvalue weighted by molar-refractivity contribution is 7.93. The van der Waals surface area contributed by atoms with Crippen molar-refractivity contribution in [2.45, 2.75) is 207 Å². The highest BCUT2D eigenvalue weighted by Crippen LogP contribution is 2.44. The molecule has 22 heteroatoms. The first-order valence-electron chi connectivity index (χ1n) is 25.9. The van der Waals surface area contributed by atoms with E-state index >= 15 is 0 Å². The molecule has 4 aromatic rings. The van der Waals surface area contributed by atoms with Gasteiger partial charge in [0.25, 0.3) is 0 Å². The molecule has 2 unspecified atom stereocenters. The largest absolute Gasteiger partial charge is 0.447 e. The van der Waals surface area contributed by atoms with E-state index in [4.69, 9.17) is 28.9 Å². The smallest absolute Gasteiger partial charge is 0.411 e. The van der Waals surface area contributed by atoms with Crippen molar-refractivity contribution in [2.75, 3.05) is 10.6 Å². The van der Waals surface area contributed by atoms with E-state index in [1.165, 1.54) is 34.8 Å². The monoisotopic (exact) mass is 1110 g/mol. The molecule has 0 saturated heterocycles. The van der Waals surface area contributed by atoms with Gasteiger partial charge in [-0.05, 0) is 164 Å². The first-order chi connectivity index (χ1) is 35.4. The lowest BCUT2D eigenvalue weighted by Gasteiger charge is -2.28. The summed E-state index contributed by atoms with van der Waals surface area (Å²) >= 11 is 2.91. The van der Waals surface area contributed by atoms with Gasteiger partial charge in [-0.25, -0.2) is 46.0 Å². The summed E-state index contributed by atoms with van der Waals surface area (Å²) in [5.41, 5.74) is 1.63. The van der Waals surface area contributed by atoms with Crippen molar-refractivity contribution in [3.63, 3.8) is 0 Å². The molecular formula is C53H72N6O12S4. The van der Waals surface area contributed by atoms with E-state index < -0.39 is 66.3 Å². The summed E-state index contributed by atoms with van der Waals surface area (Å²) in [6.07, 6.45) is 7.62. The third-order valence-corrected chi connectivity index (χ3v) is 20.7. The summed E-state index contributed by atoms with van der Waals surface area (Å²) in [7, 11) is -7.52. The van der Waals surface area contributed by atoms with Gasteiger partial charge in [-0.15, -0.1) is 22.7 Å². The van der Waals surface area contributed by atoms with Crippen LogP contribution >= 0.6 is 22.7 Å². The van der Waals surface area contributed by atoms with Gasteiger partial charge in [-0.2, -0.15) is 0 Å². The number of ether oxygens (including phenoxy) is 4. The van der Waals surface area contributed by atoms with Gasteiger partial charge in [0, 0.05) is 58.8 Å². The molecule has 2 aromatic carbocycles. The normalized spacial score (nSPS) is 20.1. The van der Waals surface area contributed by atoms with Crippen molar-refractivity contribution in [2.24, 2.45) is 0 Å². The number of benzene rings is 2. The molecule has 2 aromatic heterocycles. The van der Waals surface area contributed by atoms with Crippen molar-refractivity contribution in [1.29, 1.82) is 0 Å². The number of hydrogen-bond acceptors (Lipinski definition) is 16. The van der Waals surface area contributed by atoms with E-state index in [0.717, 1.165) is 53.4 Å². The number of rotatable bonds is 18. The van der Waals surface area contributed by atoms with Gasteiger partial charge in [-0.1, -0.05) is 12.1 Å². The van der Waals surface area contributed by atoms with Crippen LogP contribution in [-0.2, 0) is 38.6 Å². The van der Waals surface area contributed by atoms with E-state index in [9.17, 15) is 36.0 Å². The maximum Gasteiger partial charge on any atom is 0.411 e. The van der Waals surface area contributed by atoms with E-state index in [2.05, 4.69) is 21.3 Å². The number of hydrogen-bond donors (Lipinski definition) is 4. The maximum absolute atomic E-state index is 14.0. The van der Waals surface area contributed by atoms with Crippen molar-refractivity contribution >= 4 is 78.1 Å². The van der Waals surface area contributed by atoms with Gasteiger partial charge in [-0.3, -0.25) is 10.6 Å². The molecule has 2 heterocycles. The van der Waals surface area contributed by atoms with Crippen LogP contribution in [0.1, 0.15) is 161 Å². The molecule has 410 valence electrons. The molecular weight excluding hydrogens is 1040 g/mol. The molecule has 2 atom stereocenters. The molecule has 3 aliphatic rings. The van der Waals surface area contributed by atoms with Crippen LogP contribution in [0.2, 0.25) is 0 Å². The number of alkyl carbamates (subject to hydrolysis) is 2. The van der Waals surface area contributed by atoms with Crippen LogP contribution in [0.4, 0.5) is 30.6 Å². The third-order valence-electron chi connectivity index (χ3n) is 13.5. The standard InChI is InChI=1S/C53H72N6O12S4/c1-30(2)68-49(60)56-36-16-12-35(13-17-36)48-55-29-44(73-48)42-25-21-39(27-46(42)75(66,67)53(7,8)9)59-52(63)71-33(6)11-10-32(5)70-51(62)57-37-18-14-34(15-19-37)47-54-28-43(72-47)41-24-20-38(58-50(61)69-31(3)4)26-45(41)74(64,65)40-22-23-40/h20-21,24-37,40H,10-19,22-23H2,1-9H3,(H,56,60)(H,57,62)(H,58,61)(H,59,63). The molecule has 18 nitrogen and oxygen atoms in total. The van der Waals surface area contributed by atoms with Gasteiger partial charge in [0.2, 0.25) is 0 Å². The van der Waals surface area contributed by atoms with Gasteiger partial charge in [0.1, 0.15) is 12.2 Å². The average molecular weight is 1110 g/mol. The zero-order chi connectivity index (χ0) is 54.4. The predicted octanol–water partition coefficient (Wildman–Crippen LogP) is 12.1. The molecule has 0 spiro atoms. The van der Waals surface area contributed by atoms with Crippen LogP contribution in [0, 0.1) is 0 Å². The number of anilines is 2. The highest BCUT2D eigenvalue weighted by atomic mass is 32.2. The molecule has 0 aliphatic heterocycles. The van der Waals surface area contributed by atoms with Crippen LogP contribution in [0.5, 0.6) is 0 Å². The van der Waals surface area contributed by atoms with Crippen LogP contribution in [0.15, 0.2) is 58.6 Å². The molecule has 3 fully saturated rings. The highest BCUT2D eigenvalue weighted by Gasteiger charge is 2.39. The Morgan fingerprint density at radius 2 is 0.973 bits per heavy atom. The molecule has 7 rings (SSSR count). The fourth-order valence-corrected chi connectivity index (χ4v) is 14.9. The number of aromatic nitrogens is 2. The topological polar surface area (TPSA) is 247 Å². The first kappa shape index (κ1) is 57.4. The van der Waals surface area contributed by atoms with Crippen LogP contribution in [0.3, 0.4) is 0 Å². The van der Waals surface area contributed by atoms with Crippen molar-refractivity contribution in [3.8, 4) is 20.9 Å².